The first-order valence-electron chi connectivity index (χ1n) is 31.3. The Labute approximate surface area is 542 Å². The first-order valence-corrected chi connectivity index (χ1v) is 31.3. The van der Waals surface area contributed by atoms with E-state index in [2.05, 4.69) is 178 Å². The van der Waals surface area contributed by atoms with Crippen LogP contribution in [0.4, 0.5) is 34.1 Å². The quantitative estimate of drug-likeness (QED) is 0.0672. The van der Waals surface area contributed by atoms with Gasteiger partial charge in [-0.25, -0.2) is 24.5 Å². The van der Waals surface area contributed by atoms with E-state index in [0.29, 0.717) is 40.1 Å². The normalized spacial score (nSPS) is 12.1. The van der Waals surface area contributed by atoms with E-state index in [9.17, 15) is 9.59 Å². The molecular formula is C83H53BN6O4. The molecule has 0 spiro atoms. The molecule has 0 atom stereocenters. The molecule has 0 bridgehead atoms. The van der Waals surface area contributed by atoms with E-state index < -0.39 is 11.9 Å². The van der Waals surface area contributed by atoms with Gasteiger partial charge in [-0.1, -0.05) is 194 Å². The van der Waals surface area contributed by atoms with Gasteiger partial charge in [0.1, 0.15) is 11.5 Å². The van der Waals surface area contributed by atoms with Crippen molar-refractivity contribution < 1.29 is 19.1 Å². The Morgan fingerprint density at radius 2 is 0.745 bits per heavy atom. The first-order chi connectivity index (χ1) is 46.5. The van der Waals surface area contributed by atoms with E-state index in [1.165, 1.54) is 16.4 Å². The Morgan fingerprint density at radius 3 is 1.28 bits per heavy atom. The Hall–Kier alpha value is -12.7. The van der Waals surface area contributed by atoms with Gasteiger partial charge in [0, 0.05) is 67.0 Å². The van der Waals surface area contributed by atoms with Gasteiger partial charge in [-0.3, -0.25) is 0 Å². The van der Waals surface area contributed by atoms with Crippen LogP contribution in [0.2, 0.25) is 0 Å². The summed E-state index contributed by atoms with van der Waals surface area (Å²) in [6, 6.07) is 108. The molecule has 13 aromatic carbocycles. The molecule has 0 saturated carbocycles. The number of esters is 2. The summed E-state index contributed by atoms with van der Waals surface area (Å²) in [6.45, 7) is -0.0919. The fourth-order valence-corrected chi connectivity index (χ4v) is 13.6. The summed E-state index contributed by atoms with van der Waals surface area (Å²) in [4.78, 5) is 47.9. The van der Waals surface area contributed by atoms with Gasteiger partial charge >= 0.3 is 11.9 Å². The summed E-state index contributed by atoms with van der Waals surface area (Å²) < 4.78 is 14.5. The SMILES string of the molecule is O=C(Oc1ccc2c(c1)c1cc(OC(=O)c3ccccc3)ccc1n2-c1ccc(-c2nc(-c3ccccc3)nc(-c3ccccc3)n2)cc1-c1cccc(-c2ccc3c4c2N(c2ccccc2)c2ccccc2B4c2ccccc2N3c2ccccc2)c1)c1ccccc1. The lowest BCUT2D eigenvalue weighted by Crippen LogP contribution is -2.61. The minimum atomic E-state index is -0.485. The zero-order valence-electron chi connectivity index (χ0n) is 50.5. The predicted octanol–water partition coefficient (Wildman–Crippen LogP) is 17.8. The maximum atomic E-state index is 13.7. The topological polar surface area (TPSA) is 103 Å². The van der Waals surface area contributed by atoms with Crippen molar-refractivity contribution in [2.75, 3.05) is 9.80 Å². The number of anilines is 6. The number of hydrogen-bond acceptors (Lipinski definition) is 9. The number of nitrogens with zero attached hydrogens (tertiary/aromatic N) is 6. The monoisotopic (exact) mass is 1210 g/mol. The van der Waals surface area contributed by atoms with Crippen molar-refractivity contribution in [1.29, 1.82) is 0 Å². The Bertz CT molecular complexity index is 5260. The van der Waals surface area contributed by atoms with Crippen molar-refractivity contribution in [1.82, 2.24) is 19.5 Å². The summed E-state index contributed by atoms with van der Waals surface area (Å²) >= 11 is 0. The van der Waals surface area contributed by atoms with Crippen LogP contribution in [-0.4, -0.2) is 38.2 Å². The highest BCUT2D eigenvalue weighted by Gasteiger charge is 2.44. The Balaban J connectivity index is 0.904. The number of hydrogen-bond donors (Lipinski definition) is 0. The van der Waals surface area contributed by atoms with Crippen LogP contribution in [0, 0.1) is 0 Å². The number of para-hydroxylation sites is 4. The number of benzene rings is 13. The molecule has 2 aliphatic heterocycles. The molecule has 10 nitrogen and oxygen atoms in total. The number of carbonyl (C=O) groups excluding carboxylic acids is 2. The van der Waals surface area contributed by atoms with Gasteiger partial charge in [0.05, 0.1) is 33.5 Å². The molecule has 94 heavy (non-hydrogen) atoms. The minimum absolute atomic E-state index is 0.0919. The van der Waals surface area contributed by atoms with Gasteiger partial charge < -0.3 is 23.8 Å². The second-order valence-corrected chi connectivity index (χ2v) is 23.3. The van der Waals surface area contributed by atoms with Crippen molar-refractivity contribution in [3.63, 3.8) is 0 Å². The third-order valence-corrected chi connectivity index (χ3v) is 17.8. The summed E-state index contributed by atoms with van der Waals surface area (Å²) in [5.41, 5.74) is 19.9. The molecular weight excluding hydrogens is 1160 g/mol. The van der Waals surface area contributed by atoms with Crippen LogP contribution in [0.1, 0.15) is 20.7 Å². The van der Waals surface area contributed by atoms with Crippen LogP contribution >= 0.6 is 0 Å². The van der Waals surface area contributed by atoms with Gasteiger partial charge in [-0.2, -0.15) is 0 Å². The average molecular weight is 1210 g/mol. The molecule has 15 aromatic rings. The van der Waals surface area contributed by atoms with Gasteiger partial charge in [-0.15, -0.1) is 0 Å². The standard InChI is InChI=1S/C83H53BN6O4/c91-82(56-28-11-3-12-29-56)93-63-43-47-72-67(52-63)68-53-64(94-83(92)57-30-13-4-14-31-57)44-48-73(68)90(72)71-46-42-60(81-86-79(54-24-7-1-8-25-54)85-80(87-81)55-26-9-2-10-27-55)51-66(71)59-33-23-32-58(50-59)65-45-49-76-77-78(65)89(62-36-17-6-18-37-62)75-41-22-20-39-70(75)84(77)69-38-19-21-40-74(69)88(76)61-34-15-5-16-35-61/h1-53H. The summed E-state index contributed by atoms with van der Waals surface area (Å²) in [6.07, 6.45) is 0. The van der Waals surface area contributed by atoms with Crippen molar-refractivity contribution in [2.24, 2.45) is 0 Å². The Morgan fingerprint density at radius 1 is 0.319 bits per heavy atom. The largest absolute Gasteiger partial charge is 0.423 e. The molecule has 0 fully saturated rings. The van der Waals surface area contributed by atoms with E-state index in [0.717, 1.165) is 101 Å². The van der Waals surface area contributed by atoms with E-state index in [4.69, 9.17) is 24.4 Å². The molecule has 0 amide bonds. The molecule has 0 radical (unpaired) electrons. The van der Waals surface area contributed by atoms with E-state index in [-0.39, 0.29) is 6.71 Å². The molecule has 4 heterocycles. The third-order valence-electron chi connectivity index (χ3n) is 17.8. The van der Waals surface area contributed by atoms with Crippen LogP contribution in [0.5, 0.6) is 11.5 Å². The van der Waals surface area contributed by atoms with E-state index in [1.807, 2.05) is 133 Å². The minimum Gasteiger partial charge on any atom is -0.423 e. The van der Waals surface area contributed by atoms with Crippen LogP contribution in [0.3, 0.4) is 0 Å². The van der Waals surface area contributed by atoms with Gasteiger partial charge in [-0.05, 0) is 155 Å². The van der Waals surface area contributed by atoms with E-state index in [1.54, 1.807) is 24.3 Å². The second-order valence-electron chi connectivity index (χ2n) is 23.3. The molecule has 442 valence electrons. The van der Waals surface area contributed by atoms with Gasteiger partial charge in [0.25, 0.3) is 6.71 Å². The lowest BCUT2D eigenvalue weighted by atomic mass is 9.33. The number of ether oxygens (including phenoxy) is 2. The number of aromatic nitrogens is 4. The zero-order chi connectivity index (χ0) is 62.6. The van der Waals surface area contributed by atoms with Crippen LogP contribution in [-0.2, 0) is 0 Å². The molecule has 2 aliphatic rings. The fraction of sp³-hybridized carbons (Fsp3) is 0. The molecule has 0 saturated heterocycles. The van der Waals surface area contributed by atoms with Crippen molar-refractivity contribution in [3.05, 3.63) is 333 Å². The average Bonchev–Trinajstić information content (AvgIpc) is 0.806. The lowest BCUT2D eigenvalue weighted by Gasteiger charge is -2.45. The maximum absolute atomic E-state index is 13.7. The number of carbonyl (C=O) groups is 2. The number of rotatable bonds is 12. The molecule has 0 unspecified atom stereocenters. The van der Waals surface area contributed by atoms with Crippen LogP contribution in [0.15, 0.2) is 322 Å². The van der Waals surface area contributed by atoms with Crippen molar-refractivity contribution >= 4 is 91.0 Å². The van der Waals surface area contributed by atoms with Crippen LogP contribution < -0.4 is 35.7 Å². The van der Waals surface area contributed by atoms with Gasteiger partial charge in [0.15, 0.2) is 17.5 Å². The molecule has 2 aromatic heterocycles. The predicted molar refractivity (Wildman–Crippen MR) is 378 cm³/mol. The Kier molecular flexibility index (Phi) is 13.7. The number of fused-ring (bicyclic) bond motifs is 7. The molecule has 17 rings (SSSR count). The second kappa shape index (κ2) is 23.3. The smallest absolute Gasteiger partial charge is 0.343 e. The van der Waals surface area contributed by atoms with Crippen molar-refractivity contribution in [3.8, 4) is 73.6 Å². The first kappa shape index (κ1) is 55.3. The lowest BCUT2D eigenvalue weighted by molar-refractivity contribution is 0.0725. The fourth-order valence-electron chi connectivity index (χ4n) is 13.6. The molecule has 0 aliphatic carbocycles. The van der Waals surface area contributed by atoms with Crippen LogP contribution in [0.25, 0.3) is 83.9 Å². The highest BCUT2D eigenvalue weighted by Crippen LogP contribution is 2.49. The van der Waals surface area contributed by atoms with E-state index >= 15 is 0 Å². The van der Waals surface area contributed by atoms with Crippen molar-refractivity contribution in [2.45, 2.75) is 0 Å². The maximum Gasteiger partial charge on any atom is 0.343 e. The zero-order valence-corrected chi connectivity index (χ0v) is 50.5. The summed E-state index contributed by atoms with van der Waals surface area (Å²) in [5.74, 6) is 1.33. The molecule has 11 heteroatoms. The highest BCUT2D eigenvalue weighted by molar-refractivity contribution is 7.00. The highest BCUT2D eigenvalue weighted by atomic mass is 16.5. The van der Waals surface area contributed by atoms with Gasteiger partial charge in [0.2, 0.25) is 0 Å². The molecule has 0 N–H and O–H groups in total. The summed E-state index contributed by atoms with van der Waals surface area (Å²) in [7, 11) is 0. The third kappa shape index (κ3) is 9.74. The summed E-state index contributed by atoms with van der Waals surface area (Å²) in [5, 5.41) is 1.53.